The van der Waals surface area contributed by atoms with Gasteiger partial charge in [-0.2, -0.15) is 0 Å². The van der Waals surface area contributed by atoms with E-state index in [9.17, 15) is 0 Å². The van der Waals surface area contributed by atoms with E-state index < -0.39 is 0 Å². The molecule has 112 valence electrons. The highest BCUT2D eigenvalue weighted by Gasteiger charge is 2.13. The summed E-state index contributed by atoms with van der Waals surface area (Å²) in [7, 11) is 0. The SMILES string of the molecule is Cc1ccccc1-n1c(C)nnc1SCc1ccc(Cl)nc1. The average molecular weight is 331 g/mol. The van der Waals surface area contributed by atoms with Gasteiger partial charge in [0.15, 0.2) is 5.16 Å². The molecule has 3 aromatic rings. The molecule has 0 saturated carbocycles. The molecule has 22 heavy (non-hydrogen) atoms. The lowest BCUT2D eigenvalue weighted by atomic mass is 10.2. The summed E-state index contributed by atoms with van der Waals surface area (Å²) in [5, 5.41) is 9.89. The van der Waals surface area contributed by atoms with Gasteiger partial charge in [-0.25, -0.2) is 4.98 Å². The third-order valence-electron chi connectivity index (χ3n) is 3.31. The molecule has 0 aliphatic carbocycles. The molecule has 2 heterocycles. The average Bonchev–Trinajstić information content (AvgIpc) is 2.88. The van der Waals surface area contributed by atoms with Gasteiger partial charge in [0.25, 0.3) is 0 Å². The lowest BCUT2D eigenvalue weighted by Crippen LogP contribution is -2.01. The largest absolute Gasteiger partial charge is 0.274 e. The van der Waals surface area contributed by atoms with Gasteiger partial charge in [-0.05, 0) is 37.1 Å². The Morgan fingerprint density at radius 2 is 1.91 bits per heavy atom. The van der Waals surface area contributed by atoms with Crippen molar-refractivity contribution < 1.29 is 0 Å². The van der Waals surface area contributed by atoms with Crippen LogP contribution in [-0.2, 0) is 5.75 Å². The Labute approximate surface area is 138 Å². The lowest BCUT2D eigenvalue weighted by Gasteiger charge is -2.11. The maximum absolute atomic E-state index is 5.81. The number of hydrogen-bond acceptors (Lipinski definition) is 4. The fourth-order valence-corrected chi connectivity index (χ4v) is 3.20. The fourth-order valence-electron chi connectivity index (χ4n) is 2.17. The van der Waals surface area contributed by atoms with E-state index >= 15 is 0 Å². The summed E-state index contributed by atoms with van der Waals surface area (Å²) in [6.45, 7) is 4.06. The number of para-hydroxylation sites is 1. The molecular formula is C16H15ClN4S. The lowest BCUT2D eigenvalue weighted by molar-refractivity contribution is 0.861. The number of thioether (sulfide) groups is 1. The van der Waals surface area contributed by atoms with Crippen molar-refractivity contribution in [1.29, 1.82) is 0 Å². The van der Waals surface area contributed by atoms with Crippen molar-refractivity contribution in [2.24, 2.45) is 0 Å². The van der Waals surface area contributed by atoms with Crippen LogP contribution < -0.4 is 0 Å². The number of hydrogen-bond donors (Lipinski definition) is 0. The first-order valence-corrected chi connectivity index (χ1v) is 8.23. The second-order valence-electron chi connectivity index (χ2n) is 4.93. The fraction of sp³-hybridized carbons (Fsp3) is 0.188. The first-order chi connectivity index (χ1) is 10.6. The van der Waals surface area contributed by atoms with Crippen molar-refractivity contribution in [2.75, 3.05) is 0 Å². The van der Waals surface area contributed by atoms with Crippen molar-refractivity contribution in [2.45, 2.75) is 24.8 Å². The Balaban J connectivity index is 1.86. The van der Waals surface area contributed by atoms with E-state index in [1.807, 2.05) is 25.1 Å². The van der Waals surface area contributed by atoms with Gasteiger partial charge >= 0.3 is 0 Å². The summed E-state index contributed by atoms with van der Waals surface area (Å²) in [4.78, 5) is 4.10. The minimum absolute atomic E-state index is 0.507. The molecule has 0 spiro atoms. The molecular weight excluding hydrogens is 316 g/mol. The topological polar surface area (TPSA) is 43.6 Å². The maximum Gasteiger partial charge on any atom is 0.196 e. The Morgan fingerprint density at radius 3 is 2.64 bits per heavy atom. The van der Waals surface area contributed by atoms with Crippen LogP contribution in [0.2, 0.25) is 5.15 Å². The van der Waals surface area contributed by atoms with Gasteiger partial charge in [-0.1, -0.05) is 47.6 Å². The molecule has 0 N–H and O–H groups in total. The van der Waals surface area contributed by atoms with Gasteiger partial charge in [0.1, 0.15) is 11.0 Å². The molecule has 0 saturated heterocycles. The number of nitrogens with zero attached hydrogens (tertiary/aromatic N) is 4. The first kappa shape index (κ1) is 15.1. The van der Waals surface area contributed by atoms with Crippen LogP contribution in [0.15, 0.2) is 47.8 Å². The third kappa shape index (κ3) is 3.15. The van der Waals surface area contributed by atoms with Gasteiger partial charge in [0.05, 0.1) is 5.69 Å². The Bertz CT molecular complexity index is 783. The zero-order valence-corrected chi connectivity index (χ0v) is 13.9. The summed E-state index contributed by atoms with van der Waals surface area (Å²) in [5.41, 5.74) is 3.41. The molecule has 0 bridgehead atoms. The summed E-state index contributed by atoms with van der Waals surface area (Å²) in [5.74, 6) is 1.65. The zero-order chi connectivity index (χ0) is 15.5. The Morgan fingerprint density at radius 1 is 1.09 bits per heavy atom. The third-order valence-corrected chi connectivity index (χ3v) is 4.53. The van der Waals surface area contributed by atoms with Crippen molar-refractivity contribution in [3.05, 3.63) is 64.7 Å². The maximum atomic E-state index is 5.81. The van der Waals surface area contributed by atoms with Crippen LogP contribution in [-0.4, -0.2) is 19.7 Å². The summed E-state index contributed by atoms with van der Waals surface area (Å²) in [6, 6.07) is 12.0. The molecule has 4 nitrogen and oxygen atoms in total. The number of halogens is 1. The minimum Gasteiger partial charge on any atom is -0.274 e. The van der Waals surface area contributed by atoms with E-state index in [1.54, 1.807) is 24.0 Å². The Kier molecular flexibility index (Phi) is 4.45. The van der Waals surface area contributed by atoms with Gasteiger partial charge in [0, 0.05) is 11.9 Å². The van der Waals surface area contributed by atoms with Crippen molar-refractivity contribution >= 4 is 23.4 Å². The second kappa shape index (κ2) is 6.50. The normalized spacial score (nSPS) is 10.9. The number of pyridine rings is 1. The quantitative estimate of drug-likeness (QED) is 0.530. The molecule has 0 aliphatic heterocycles. The monoisotopic (exact) mass is 330 g/mol. The minimum atomic E-state index is 0.507. The van der Waals surface area contributed by atoms with Gasteiger partial charge in [0.2, 0.25) is 0 Å². The zero-order valence-electron chi connectivity index (χ0n) is 12.3. The molecule has 6 heteroatoms. The summed E-state index contributed by atoms with van der Waals surface area (Å²) in [6.07, 6.45) is 1.79. The van der Waals surface area contributed by atoms with E-state index in [0.717, 1.165) is 28.0 Å². The highest BCUT2D eigenvalue weighted by molar-refractivity contribution is 7.98. The molecule has 1 aromatic carbocycles. The molecule has 0 radical (unpaired) electrons. The van der Waals surface area contributed by atoms with E-state index in [1.165, 1.54) is 5.56 Å². The van der Waals surface area contributed by atoms with Crippen LogP contribution in [0.3, 0.4) is 0 Å². The van der Waals surface area contributed by atoms with E-state index in [2.05, 4.69) is 38.8 Å². The summed E-state index contributed by atoms with van der Waals surface area (Å²) >= 11 is 7.45. The highest BCUT2D eigenvalue weighted by atomic mass is 35.5. The molecule has 0 unspecified atom stereocenters. The van der Waals surface area contributed by atoms with Gasteiger partial charge < -0.3 is 0 Å². The van der Waals surface area contributed by atoms with E-state index in [0.29, 0.717) is 5.15 Å². The highest BCUT2D eigenvalue weighted by Crippen LogP contribution is 2.26. The van der Waals surface area contributed by atoms with Crippen LogP contribution >= 0.6 is 23.4 Å². The molecule has 0 atom stereocenters. The molecule has 0 fully saturated rings. The number of aryl methyl sites for hydroxylation is 2. The van der Waals surface area contributed by atoms with Crippen LogP contribution in [0.4, 0.5) is 0 Å². The van der Waals surface area contributed by atoms with Crippen LogP contribution in [0, 0.1) is 13.8 Å². The van der Waals surface area contributed by atoms with E-state index in [-0.39, 0.29) is 0 Å². The smallest absolute Gasteiger partial charge is 0.196 e. The van der Waals surface area contributed by atoms with Crippen molar-refractivity contribution in [1.82, 2.24) is 19.7 Å². The van der Waals surface area contributed by atoms with Crippen LogP contribution in [0.1, 0.15) is 17.0 Å². The predicted octanol–water partition coefficient (Wildman–Crippen LogP) is 4.22. The number of aromatic nitrogens is 4. The molecule has 0 amide bonds. The first-order valence-electron chi connectivity index (χ1n) is 6.86. The van der Waals surface area contributed by atoms with Crippen LogP contribution in [0.5, 0.6) is 0 Å². The molecule has 2 aromatic heterocycles. The number of rotatable bonds is 4. The van der Waals surface area contributed by atoms with Crippen LogP contribution in [0.25, 0.3) is 5.69 Å². The molecule has 3 rings (SSSR count). The Hall–Kier alpha value is -1.85. The summed E-state index contributed by atoms with van der Waals surface area (Å²) < 4.78 is 2.09. The van der Waals surface area contributed by atoms with Crippen molar-refractivity contribution in [3.63, 3.8) is 0 Å². The van der Waals surface area contributed by atoms with Gasteiger partial charge in [-0.15, -0.1) is 10.2 Å². The predicted molar refractivity (Wildman–Crippen MR) is 89.6 cm³/mol. The molecule has 0 aliphatic rings. The number of benzene rings is 1. The second-order valence-corrected chi connectivity index (χ2v) is 6.26. The van der Waals surface area contributed by atoms with E-state index in [4.69, 9.17) is 11.6 Å². The standard InChI is InChI=1S/C16H15ClN4S/c1-11-5-3-4-6-14(11)21-12(2)19-20-16(21)22-10-13-7-8-15(17)18-9-13/h3-9H,10H2,1-2H3. The van der Waals surface area contributed by atoms with Gasteiger partial charge in [-0.3, -0.25) is 4.57 Å². The van der Waals surface area contributed by atoms with Crippen molar-refractivity contribution in [3.8, 4) is 5.69 Å².